The molecule has 2 aliphatic rings. The molecule has 3 amide bonds. The van der Waals surface area contributed by atoms with Crippen molar-refractivity contribution in [3.63, 3.8) is 0 Å². The molecule has 0 aromatic carbocycles. The lowest BCUT2D eigenvalue weighted by Crippen LogP contribution is -2.51. The highest BCUT2D eigenvalue weighted by molar-refractivity contribution is 8.14. The molecule has 2 fully saturated rings. The van der Waals surface area contributed by atoms with Crippen LogP contribution in [0.5, 0.6) is 0 Å². The van der Waals surface area contributed by atoms with Gasteiger partial charge in [-0.15, -0.1) is 0 Å². The van der Waals surface area contributed by atoms with Crippen LogP contribution in [0.2, 0.25) is 0 Å². The Morgan fingerprint density at radius 3 is 2.80 bits per heavy atom. The van der Waals surface area contributed by atoms with Crippen molar-refractivity contribution in [3.8, 4) is 0 Å². The molecule has 2 atom stereocenters. The Labute approximate surface area is 151 Å². The second-order valence-electron chi connectivity index (χ2n) is 6.15. The Morgan fingerprint density at radius 2 is 2.16 bits per heavy atom. The van der Waals surface area contributed by atoms with Gasteiger partial charge in [-0.05, 0) is 33.2 Å². The maximum absolute atomic E-state index is 12.3. The number of nitrogens with one attached hydrogen (secondary N) is 1. The molecule has 0 aliphatic carbocycles. The molecule has 0 spiro atoms. The summed E-state index contributed by atoms with van der Waals surface area (Å²) in [5.74, 6) is -0.613. The monoisotopic (exact) mass is 371 g/mol. The van der Waals surface area contributed by atoms with E-state index in [1.807, 2.05) is 4.90 Å². The largest absolute Gasteiger partial charge is 0.466 e. The number of piperidine rings is 1. The first-order chi connectivity index (χ1) is 11.9. The molecule has 0 bridgehead atoms. The molecule has 2 saturated heterocycles. The molecule has 0 aromatic rings. The smallest absolute Gasteiger partial charge is 0.310 e. The van der Waals surface area contributed by atoms with Gasteiger partial charge in [-0.2, -0.15) is 0 Å². The van der Waals surface area contributed by atoms with Crippen LogP contribution in [0.3, 0.4) is 0 Å². The van der Waals surface area contributed by atoms with Gasteiger partial charge in [-0.1, -0.05) is 11.8 Å². The van der Waals surface area contributed by atoms with Crippen LogP contribution in [0.1, 0.15) is 26.7 Å². The van der Waals surface area contributed by atoms with E-state index < -0.39 is 0 Å². The van der Waals surface area contributed by atoms with Crippen LogP contribution in [-0.2, 0) is 19.1 Å². The average molecular weight is 371 g/mol. The van der Waals surface area contributed by atoms with E-state index in [1.165, 1.54) is 0 Å². The van der Waals surface area contributed by atoms with Gasteiger partial charge in [0.1, 0.15) is 0 Å². The molecular weight excluding hydrogens is 346 g/mol. The Bertz CT molecular complexity index is 526. The van der Waals surface area contributed by atoms with Crippen LogP contribution < -0.4 is 5.32 Å². The number of rotatable bonds is 7. The lowest BCUT2D eigenvalue weighted by atomic mass is 9.97. The summed E-state index contributed by atoms with van der Waals surface area (Å²) in [7, 11) is 0. The zero-order chi connectivity index (χ0) is 18.4. The van der Waals surface area contributed by atoms with E-state index in [0.717, 1.165) is 36.0 Å². The topological polar surface area (TPSA) is 96.0 Å². The third-order valence-electron chi connectivity index (χ3n) is 4.48. The third kappa shape index (κ3) is 5.18. The average Bonchev–Trinajstić information content (AvgIpc) is 2.93. The highest BCUT2D eigenvalue weighted by Gasteiger charge is 2.32. The number of carbonyl (C=O) groups excluding carboxylic acids is 4. The van der Waals surface area contributed by atoms with E-state index in [-0.39, 0.29) is 53.8 Å². The first-order valence-electron chi connectivity index (χ1n) is 8.59. The molecular formula is C16H25N3O5S. The summed E-state index contributed by atoms with van der Waals surface area (Å²) in [6.45, 7) is 5.62. The van der Waals surface area contributed by atoms with Crippen LogP contribution in [0.25, 0.3) is 0 Å². The predicted molar refractivity (Wildman–Crippen MR) is 93.0 cm³/mol. The fourth-order valence-electron chi connectivity index (χ4n) is 3.01. The highest BCUT2D eigenvalue weighted by Crippen LogP contribution is 2.20. The van der Waals surface area contributed by atoms with Crippen LogP contribution in [0, 0.1) is 5.92 Å². The fraction of sp³-hybridized carbons (Fsp3) is 0.750. The number of likely N-dealkylation sites (tertiary alicyclic amines) is 1. The first kappa shape index (κ1) is 19.7. The van der Waals surface area contributed by atoms with Crippen LogP contribution in [0.15, 0.2) is 0 Å². The maximum atomic E-state index is 12.3. The lowest BCUT2D eigenvalue weighted by molar-refractivity contribution is -0.151. The maximum Gasteiger partial charge on any atom is 0.310 e. The van der Waals surface area contributed by atoms with Crippen molar-refractivity contribution >= 4 is 34.8 Å². The van der Waals surface area contributed by atoms with Gasteiger partial charge < -0.3 is 10.1 Å². The first-order valence-corrected chi connectivity index (χ1v) is 9.58. The number of hydrogen-bond acceptors (Lipinski definition) is 7. The van der Waals surface area contributed by atoms with Gasteiger partial charge in [0.25, 0.3) is 5.24 Å². The quantitative estimate of drug-likeness (QED) is 0.650. The van der Waals surface area contributed by atoms with E-state index in [0.29, 0.717) is 13.2 Å². The number of thioether (sulfide) groups is 1. The van der Waals surface area contributed by atoms with Gasteiger partial charge in [-0.3, -0.25) is 29.0 Å². The van der Waals surface area contributed by atoms with Crippen molar-refractivity contribution in [1.82, 2.24) is 15.1 Å². The lowest BCUT2D eigenvalue weighted by Gasteiger charge is -2.35. The number of hydrogen-bond donors (Lipinski definition) is 1. The number of ether oxygens (including phenoxy) is 1. The summed E-state index contributed by atoms with van der Waals surface area (Å²) >= 11 is 0.981. The zero-order valence-electron chi connectivity index (χ0n) is 14.7. The van der Waals surface area contributed by atoms with Gasteiger partial charge in [0.2, 0.25) is 11.8 Å². The minimum atomic E-state index is -0.378. The normalized spacial score (nSPS) is 22.8. The van der Waals surface area contributed by atoms with E-state index in [2.05, 4.69) is 5.32 Å². The van der Waals surface area contributed by atoms with E-state index in [9.17, 15) is 19.2 Å². The van der Waals surface area contributed by atoms with Crippen molar-refractivity contribution in [2.45, 2.75) is 32.7 Å². The van der Waals surface area contributed by atoms with Crippen molar-refractivity contribution < 1.29 is 23.9 Å². The van der Waals surface area contributed by atoms with E-state index >= 15 is 0 Å². The summed E-state index contributed by atoms with van der Waals surface area (Å²) in [5.41, 5.74) is 0. The molecule has 2 rings (SSSR count). The summed E-state index contributed by atoms with van der Waals surface area (Å²) in [6.07, 6.45) is 1.62. The minimum absolute atomic E-state index is 0.170. The van der Waals surface area contributed by atoms with Crippen molar-refractivity contribution in [1.29, 1.82) is 0 Å². The van der Waals surface area contributed by atoms with E-state index in [1.54, 1.807) is 13.8 Å². The number of imide groups is 1. The molecule has 25 heavy (non-hydrogen) atoms. The van der Waals surface area contributed by atoms with Crippen LogP contribution in [0.4, 0.5) is 4.79 Å². The number of carbonyl (C=O) groups is 4. The summed E-state index contributed by atoms with van der Waals surface area (Å²) in [6, 6.07) is -0.378. The van der Waals surface area contributed by atoms with E-state index in [4.69, 9.17) is 4.74 Å². The summed E-state index contributed by atoms with van der Waals surface area (Å²) in [4.78, 5) is 50.4. The SMILES string of the molecule is CCOC(=O)[C@H]1CCCN([C@@H](C)C(=O)NCCN2C(=O)CSC2=O)C1. The Kier molecular flexibility index (Phi) is 7.24. The predicted octanol–water partition coefficient (Wildman–Crippen LogP) is 0.462. The van der Waals surface area contributed by atoms with Gasteiger partial charge in [-0.25, -0.2) is 0 Å². The second-order valence-corrected chi connectivity index (χ2v) is 7.08. The Morgan fingerprint density at radius 1 is 1.40 bits per heavy atom. The van der Waals surface area contributed by atoms with Crippen LogP contribution >= 0.6 is 11.8 Å². The van der Waals surface area contributed by atoms with Crippen molar-refractivity contribution in [2.24, 2.45) is 5.92 Å². The summed E-state index contributed by atoms with van der Waals surface area (Å²) in [5, 5.41) is 2.50. The molecule has 2 heterocycles. The molecule has 0 unspecified atom stereocenters. The fourth-order valence-corrected chi connectivity index (χ4v) is 3.76. The van der Waals surface area contributed by atoms with Crippen molar-refractivity contribution in [2.75, 3.05) is 38.5 Å². The van der Waals surface area contributed by atoms with Gasteiger partial charge in [0.05, 0.1) is 24.3 Å². The molecule has 0 saturated carbocycles. The second kappa shape index (κ2) is 9.19. The van der Waals surface area contributed by atoms with Gasteiger partial charge in [0, 0.05) is 19.6 Å². The number of amides is 3. The Hall–Kier alpha value is -1.61. The molecule has 1 N–H and O–H groups in total. The minimum Gasteiger partial charge on any atom is -0.466 e. The molecule has 140 valence electrons. The van der Waals surface area contributed by atoms with Crippen molar-refractivity contribution in [3.05, 3.63) is 0 Å². The molecule has 0 aromatic heterocycles. The Balaban J connectivity index is 1.78. The number of nitrogens with zero attached hydrogens (tertiary/aromatic N) is 2. The zero-order valence-corrected chi connectivity index (χ0v) is 15.5. The third-order valence-corrected chi connectivity index (χ3v) is 5.33. The van der Waals surface area contributed by atoms with Gasteiger partial charge in [0.15, 0.2) is 0 Å². The van der Waals surface area contributed by atoms with Gasteiger partial charge >= 0.3 is 5.97 Å². The molecule has 8 nitrogen and oxygen atoms in total. The molecule has 2 aliphatic heterocycles. The summed E-state index contributed by atoms with van der Waals surface area (Å²) < 4.78 is 5.07. The highest BCUT2D eigenvalue weighted by atomic mass is 32.2. The number of esters is 1. The molecule has 9 heteroatoms. The standard InChI is InChI=1S/C16H25N3O5S/c1-3-24-15(22)12-5-4-7-18(9-12)11(2)14(21)17-6-8-19-13(20)10-25-16(19)23/h11-12H,3-10H2,1-2H3,(H,17,21)/t11-,12-/m0/s1. The molecule has 0 radical (unpaired) electrons. The van der Waals surface area contributed by atoms with Crippen LogP contribution in [-0.4, -0.2) is 77.4 Å².